The zero-order valence-corrected chi connectivity index (χ0v) is 11.6. The van der Waals surface area contributed by atoms with Crippen molar-refractivity contribution in [2.75, 3.05) is 7.11 Å². The van der Waals surface area contributed by atoms with E-state index in [1.165, 1.54) is 7.11 Å². The van der Waals surface area contributed by atoms with Crippen LogP contribution in [0.25, 0.3) is 0 Å². The molecule has 6 heteroatoms. The van der Waals surface area contributed by atoms with Crippen LogP contribution in [-0.2, 0) is 15.0 Å². The monoisotopic (exact) mass is 283 g/mol. The lowest BCUT2D eigenvalue weighted by atomic mass is 9.62. The molecule has 106 valence electrons. The van der Waals surface area contributed by atoms with Gasteiger partial charge in [0, 0.05) is 5.41 Å². The number of hydrogen-bond donors (Lipinski definition) is 1. The van der Waals surface area contributed by atoms with Gasteiger partial charge in [-0.1, -0.05) is 19.1 Å². The fourth-order valence-corrected chi connectivity index (χ4v) is 2.65. The van der Waals surface area contributed by atoms with Crippen molar-refractivity contribution in [2.24, 2.45) is 11.8 Å². The molecule has 0 aliphatic carbocycles. The van der Waals surface area contributed by atoms with Crippen molar-refractivity contribution in [1.29, 1.82) is 10.5 Å². The summed E-state index contributed by atoms with van der Waals surface area (Å²) in [6.07, 6.45) is 0. The number of piperidine rings is 1. The molecule has 1 aliphatic heterocycles. The number of imide groups is 1. The number of rotatable bonds is 2. The van der Waals surface area contributed by atoms with Gasteiger partial charge in [0.25, 0.3) is 0 Å². The first-order valence-electron chi connectivity index (χ1n) is 6.27. The lowest BCUT2D eigenvalue weighted by Gasteiger charge is -2.40. The maximum Gasteiger partial charge on any atom is 0.244 e. The summed E-state index contributed by atoms with van der Waals surface area (Å²) >= 11 is 0. The summed E-state index contributed by atoms with van der Waals surface area (Å²) in [4.78, 5) is 23.9. The van der Waals surface area contributed by atoms with Gasteiger partial charge < -0.3 is 4.74 Å². The minimum absolute atomic E-state index is 0.528. The molecule has 1 N–H and O–H groups in total. The van der Waals surface area contributed by atoms with E-state index in [1.54, 1.807) is 31.2 Å². The maximum atomic E-state index is 11.9. The van der Waals surface area contributed by atoms with Crippen molar-refractivity contribution in [3.05, 3.63) is 29.8 Å². The largest absolute Gasteiger partial charge is 0.497 e. The molecule has 1 aromatic rings. The number of hydrogen-bond acceptors (Lipinski definition) is 5. The van der Waals surface area contributed by atoms with Gasteiger partial charge in [0.1, 0.15) is 17.6 Å². The molecule has 1 aromatic carbocycles. The quantitative estimate of drug-likeness (QED) is 0.812. The average Bonchev–Trinajstić information content (AvgIpc) is 2.47. The number of amides is 2. The Labute approximate surface area is 121 Å². The van der Waals surface area contributed by atoms with E-state index in [9.17, 15) is 20.1 Å². The van der Waals surface area contributed by atoms with E-state index < -0.39 is 29.1 Å². The Hall–Kier alpha value is -2.86. The lowest BCUT2D eigenvalue weighted by Crippen LogP contribution is -2.58. The molecular weight excluding hydrogens is 270 g/mol. The molecule has 0 saturated carbocycles. The van der Waals surface area contributed by atoms with Crippen LogP contribution in [0.2, 0.25) is 0 Å². The van der Waals surface area contributed by atoms with Gasteiger partial charge in [-0.25, -0.2) is 0 Å². The highest BCUT2D eigenvalue weighted by Gasteiger charge is 2.54. The van der Waals surface area contributed by atoms with Crippen LogP contribution in [-0.4, -0.2) is 18.9 Å². The third kappa shape index (κ3) is 2.11. The second-order valence-electron chi connectivity index (χ2n) is 4.99. The standard InChI is InChI=1S/C15H13N3O3/c1-15(9-4-3-5-10(6-9)21-2)11(7-16)13(19)18-14(20)12(15)8-17/h3-6,11-12H,1-2H3,(H,18,19,20)/t11-,12-/m1/s1. The van der Waals surface area contributed by atoms with Crippen LogP contribution >= 0.6 is 0 Å². The molecule has 0 unspecified atom stereocenters. The minimum atomic E-state index is -1.22. The van der Waals surface area contributed by atoms with E-state index in [-0.39, 0.29) is 0 Å². The van der Waals surface area contributed by atoms with Crippen LogP contribution in [0.1, 0.15) is 12.5 Å². The number of methoxy groups -OCH3 is 1. The predicted molar refractivity (Wildman–Crippen MR) is 71.7 cm³/mol. The van der Waals surface area contributed by atoms with Crippen LogP contribution in [0.5, 0.6) is 5.75 Å². The molecular formula is C15H13N3O3. The van der Waals surface area contributed by atoms with Gasteiger partial charge in [0.2, 0.25) is 11.8 Å². The molecule has 1 fully saturated rings. The lowest BCUT2D eigenvalue weighted by molar-refractivity contribution is -0.140. The second-order valence-corrected chi connectivity index (χ2v) is 4.99. The summed E-state index contributed by atoms with van der Waals surface area (Å²) < 4.78 is 5.13. The molecule has 1 saturated heterocycles. The highest BCUT2D eigenvalue weighted by atomic mass is 16.5. The van der Waals surface area contributed by atoms with Gasteiger partial charge in [-0.3, -0.25) is 14.9 Å². The summed E-state index contributed by atoms with van der Waals surface area (Å²) in [5.41, 5.74) is -0.680. The molecule has 2 atom stereocenters. The molecule has 0 bridgehead atoms. The smallest absolute Gasteiger partial charge is 0.244 e. The van der Waals surface area contributed by atoms with Gasteiger partial charge in [-0.15, -0.1) is 0 Å². The third-order valence-electron chi connectivity index (χ3n) is 3.92. The van der Waals surface area contributed by atoms with Crippen LogP contribution in [0.4, 0.5) is 0 Å². The van der Waals surface area contributed by atoms with Crippen molar-refractivity contribution in [1.82, 2.24) is 5.32 Å². The number of carbonyl (C=O) groups is 2. The Kier molecular flexibility index (Phi) is 3.64. The fourth-order valence-electron chi connectivity index (χ4n) is 2.65. The van der Waals surface area contributed by atoms with E-state index in [1.807, 2.05) is 12.1 Å². The molecule has 2 rings (SSSR count). The summed E-state index contributed by atoms with van der Waals surface area (Å²) in [6.45, 7) is 1.58. The summed E-state index contributed by atoms with van der Waals surface area (Å²) in [5.74, 6) is -3.10. The first-order chi connectivity index (χ1) is 9.98. The number of nitrogens with one attached hydrogen (secondary N) is 1. The van der Waals surface area contributed by atoms with Crippen LogP contribution < -0.4 is 10.1 Å². The predicted octanol–water partition coefficient (Wildman–Crippen LogP) is 0.889. The number of carbonyl (C=O) groups excluding carboxylic acids is 2. The van der Waals surface area contributed by atoms with Crippen molar-refractivity contribution < 1.29 is 14.3 Å². The summed E-state index contributed by atoms with van der Waals surface area (Å²) in [7, 11) is 1.49. The molecule has 2 amide bonds. The molecule has 1 aliphatic rings. The van der Waals surface area contributed by atoms with E-state index in [4.69, 9.17) is 4.74 Å². The van der Waals surface area contributed by atoms with Gasteiger partial charge in [0.05, 0.1) is 19.2 Å². The Balaban J connectivity index is 2.66. The number of ether oxygens (including phenoxy) is 1. The Bertz CT molecular complexity index is 652. The summed E-state index contributed by atoms with van der Waals surface area (Å²) in [6, 6.07) is 10.5. The Morgan fingerprint density at radius 3 is 2.24 bits per heavy atom. The van der Waals surface area contributed by atoms with Gasteiger partial charge in [-0.2, -0.15) is 10.5 Å². The van der Waals surface area contributed by atoms with Crippen molar-refractivity contribution in [3.63, 3.8) is 0 Å². The number of nitriles is 2. The topological polar surface area (TPSA) is 103 Å². The second kappa shape index (κ2) is 5.26. The van der Waals surface area contributed by atoms with E-state index >= 15 is 0 Å². The highest BCUT2D eigenvalue weighted by molar-refractivity contribution is 6.04. The normalized spacial score (nSPS) is 23.6. The molecule has 0 spiro atoms. The molecule has 0 aromatic heterocycles. The third-order valence-corrected chi connectivity index (χ3v) is 3.92. The van der Waals surface area contributed by atoms with E-state index in [2.05, 4.69) is 5.32 Å². The van der Waals surface area contributed by atoms with Gasteiger partial charge in [0.15, 0.2) is 0 Å². The zero-order valence-electron chi connectivity index (χ0n) is 11.6. The van der Waals surface area contributed by atoms with Crippen LogP contribution in [0, 0.1) is 34.5 Å². The first kappa shape index (κ1) is 14.5. The molecule has 1 heterocycles. The maximum absolute atomic E-state index is 11.9. The van der Waals surface area contributed by atoms with Gasteiger partial charge >= 0.3 is 0 Å². The van der Waals surface area contributed by atoms with Crippen LogP contribution in [0.15, 0.2) is 24.3 Å². The van der Waals surface area contributed by atoms with Crippen molar-refractivity contribution >= 4 is 11.8 Å². The van der Waals surface area contributed by atoms with Crippen molar-refractivity contribution in [2.45, 2.75) is 12.3 Å². The van der Waals surface area contributed by atoms with Crippen LogP contribution in [0.3, 0.4) is 0 Å². The summed E-state index contributed by atoms with van der Waals surface area (Å²) in [5, 5.41) is 20.7. The van der Waals surface area contributed by atoms with E-state index in [0.717, 1.165) is 0 Å². The first-order valence-corrected chi connectivity index (χ1v) is 6.27. The van der Waals surface area contributed by atoms with Crippen molar-refractivity contribution in [3.8, 4) is 17.9 Å². The average molecular weight is 283 g/mol. The minimum Gasteiger partial charge on any atom is -0.497 e. The molecule has 21 heavy (non-hydrogen) atoms. The van der Waals surface area contributed by atoms with E-state index in [0.29, 0.717) is 11.3 Å². The number of benzene rings is 1. The molecule has 0 radical (unpaired) electrons. The fraction of sp³-hybridized carbons (Fsp3) is 0.333. The number of nitrogens with zero attached hydrogens (tertiary/aromatic N) is 2. The Morgan fingerprint density at radius 2 is 1.76 bits per heavy atom. The van der Waals surface area contributed by atoms with Gasteiger partial charge in [-0.05, 0) is 17.7 Å². The molecule has 6 nitrogen and oxygen atoms in total. The SMILES string of the molecule is COc1cccc(C2(C)[C@H](C#N)C(=O)NC(=O)[C@H]2C#N)c1. The highest BCUT2D eigenvalue weighted by Crippen LogP contribution is 2.42. The Morgan fingerprint density at radius 1 is 1.19 bits per heavy atom. The zero-order chi connectivity index (χ0) is 15.6.